The van der Waals surface area contributed by atoms with Crippen LogP contribution in [0.15, 0.2) is 18.3 Å². The summed E-state index contributed by atoms with van der Waals surface area (Å²) in [6, 6.07) is 5.10. The molecule has 0 aliphatic carbocycles. The molecule has 0 amide bonds. The molecular formula is C10H10N2O3. The van der Waals surface area contributed by atoms with Crippen molar-refractivity contribution in [2.75, 3.05) is 7.11 Å². The number of ether oxygens (including phenoxy) is 2. The highest BCUT2D eigenvalue weighted by molar-refractivity contribution is 5.74. The number of hydrogen-bond acceptors (Lipinski definition) is 5. The Hall–Kier alpha value is -2.09. The third-order valence-electron chi connectivity index (χ3n) is 1.71. The highest BCUT2D eigenvalue weighted by Crippen LogP contribution is 2.14. The van der Waals surface area contributed by atoms with E-state index in [4.69, 9.17) is 10.00 Å². The maximum absolute atomic E-state index is 11.1. The van der Waals surface area contributed by atoms with Crippen LogP contribution in [0.2, 0.25) is 0 Å². The third-order valence-corrected chi connectivity index (χ3v) is 1.71. The van der Waals surface area contributed by atoms with Gasteiger partial charge in [-0.1, -0.05) is 0 Å². The Bertz CT molecular complexity index is 398. The van der Waals surface area contributed by atoms with Crippen LogP contribution >= 0.6 is 0 Å². The minimum Gasteiger partial charge on any atom is -0.466 e. The van der Waals surface area contributed by atoms with Crippen LogP contribution in [0.25, 0.3) is 0 Å². The number of pyridine rings is 1. The molecule has 5 heteroatoms. The number of hydrogen-bond donors (Lipinski definition) is 0. The Labute approximate surface area is 87.3 Å². The summed E-state index contributed by atoms with van der Waals surface area (Å²) in [5.41, 5.74) is 0.285. The van der Waals surface area contributed by atoms with Gasteiger partial charge in [0.25, 0.3) is 0 Å². The molecular weight excluding hydrogens is 196 g/mol. The minimum absolute atomic E-state index is 0.137. The molecule has 0 aromatic carbocycles. The first-order valence-electron chi connectivity index (χ1n) is 4.28. The minimum atomic E-state index is -0.781. The lowest BCUT2D eigenvalue weighted by atomic mass is 10.3. The molecule has 0 saturated heterocycles. The van der Waals surface area contributed by atoms with Crippen molar-refractivity contribution in [3.8, 4) is 11.9 Å². The van der Waals surface area contributed by atoms with Crippen LogP contribution in [-0.4, -0.2) is 24.2 Å². The van der Waals surface area contributed by atoms with Crippen molar-refractivity contribution < 1.29 is 14.3 Å². The molecule has 0 aliphatic heterocycles. The van der Waals surface area contributed by atoms with E-state index in [0.29, 0.717) is 0 Å². The standard InChI is InChI=1S/C10H10N2O3/c1-7(10(13)14-2)15-9-8(6-11)4-3-5-12-9/h3-5,7H,1-2H3. The topological polar surface area (TPSA) is 72.2 Å². The Morgan fingerprint density at radius 3 is 3.00 bits per heavy atom. The maximum Gasteiger partial charge on any atom is 0.346 e. The lowest BCUT2D eigenvalue weighted by Gasteiger charge is -2.11. The van der Waals surface area contributed by atoms with Crippen molar-refractivity contribution in [2.45, 2.75) is 13.0 Å². The second-order valence-electron chi connectivity index (χ2n) is 2.75. The van der Waals surface area contributed by atoms with Gasteiger partial charge in [-0.15, -0.1) is 0 Å². The molecule has 1 unspecified atom stereocenters. The Morgan fingerprint density at radius 2 is 2.40 bits per heavy atom. The molecule has 1 rings (SSSR count). The zero-order valence-corrected chi connectivity index (χ0v) is 8.43. The molecule has 0 bridgehead atoms. The van der Waals surface area contributed by atoms with Crippen LogP contribution in [0, 0.1) is 11.3 Å². The fourth-order valence-electron chi connectivity index (χ4n) is 0.951. The zero-order valence-electron chi connectivity index (χ0n) is 8.43. The van der Waals surface area contributed by atoms with Gasteiger partial charge >= 0.3 is 5.97 Å². The summed E-state index contributed by atoms with van der Waals surface area (Å²) in [5.74, 6) is -0.373. The molecule has 15 heavy (non-hydrogen) atoms. The second-order valence-corrected chi connectivity index (χ2v) is 2.75. The molecule has 1 aromatic rings. The lowest BCUT2D eigenvalue weighted by molar-refractivity contribution is -0.148. The van der Waals surface area contributed by atoms with Gasteiger partial charge in [0, 0.05) is 6.20 Å². The quantitative estimate of drug-likeness (QED) is 0.687. The molecule has 1 heterocycles. The molecule has 0 aliphatic rings. The number of nitrogens with zero attached hydrogens (tertiary/aromatic N) is 2. The van der Waals surface area contributed by atoms with Gasteiger partial charge in [0.15, 0.2) is 6.10 Å². The average molecular weight is 206 g/mol. The molecule has 0 radical (unpaired) electrons. The van der Waals surface area contributed by atoms with Crippen molar-refractivity contribution in [1.29, 1.82) is 5.26 Å². The fraction of sp³-hybridized carbons (Fsp3) is 0.300. The van der Waals surface area contributed by atoms with Crippen molar-refractivity contribution in [3.05, 3.63) is 23.9 Å². The number of nitriles is 1. The Kier molecular flexibility index (Phi) is 3.63. The second kappa shape index (κ2) is 4.96. The maximum atomic E-state index is 11.1. The smallest absolute Gasteiger partial charge is 0.346 e. The number of aromatic nitrogens is 1. The predicted octanol–water partition coefficient (Wildman–Crippen LogP) is 0.894. The van der Waals surface area contributed by atoms with Gasteiger partial charge in [0.1, 0.15) is 11.6 Å². The molecule has 1 atom stereocenters. The molecule has 0 fully saturated rings. The van der Waals surface area contributed by atoms with Crippen LogP contribution in [0.4, 0.5) is 0 Å². The summed E-state index contributed by atoms with van der Waals surface area (Å²) >= 11 is 0. The third kappa shape index (κ3) is 2.68. The van der Waals surface area contributed by atoms with E-state index in [2.05, 4.69) is 9.72 Å². The summed E-state index contributed by atoms with van der Waals surface area (Å²) in [6.45, 7) is 1.53. The Morgan fingerprint density at radius 1 is 1.67 bits per heavy atom. The molecule has 5 nitrogen and oxygen atoms in total. The van der Waals surface area contributed by atoms with Gasteiger partial charge < -0.3 is 9.47 Å². The van der Waals surface area contributed by atoms with Crippen LogP contribution < -0.4 is 4.74 Å². The van der Waals surface area contributed by atoms with E-state index in [9.17, 15) is 4.79 Å². The van der Waals surface area contributed by atoms with E-state index in [1.165, 1.54) is 20.2 Å². The van der Waals surface area contributed by atoms with E-state index >= 15 is 0 Å². The SMILES string of the molecule is COC(=O)C(C)Oc1ncccc1C#N. The number of carbonyl (C=O) groups excluding carboxylic acids is 1. The van der Waals surface area contributed by atoms with Gasteiger partial charge in [0.05, 0.1) is 7.11 Å². The fourth-order valence-corrected chi connectivity index (χ4v) is 0.951. The summed E-state index contributed by atoms with van der Waals surface area (Å²) in [6.07, 6.45) is 0.706. The summed E-state index contributed by atoms with van der Waals surface area (Å²) in [4.78, 5) is 14.9. The van der Waals surface area contributed by atoms with Crippen molar-refractivity contribution in [3.63, 3.8) is 0 Å². The highest BCUT2D eigenvalue weighted by atomic mass is 16.6. The first-order valence-corrected chi connectivity index (χ1v) is 4.28. The predicted molar refractivity (Wildman–Crippen MR) is 51.1 cm³/mol. The first-order chi connectivity index (χ1) is 7.19. The van der Waals surface area contributed by atoms with Gasteiger partial charge in [-0.25, -0.2) is 9.78 Å². The number of carbonyl (C=O) groups is 1. The monoisotopic (exact) mass is 206 g/mol. The average Bonchev–Trinajstić information content (AvgIpc) is 2.28. The van der Waals surface area contributed by atoms with Crippen LogP contribution in [-0.2, 0) is 9.53 Å². The van der Waals surface area contributed by atoms with E-state index in [-0.39, 0.29) is 11.4 Å². The van der Waals surface area contributed by atoms with E-state index in [0.717, 1.165) is 0 Å². The van der Waals surface area contributed by atoms with E-state index in [1.54, 1.807) is 12.1 Å². The molecule has 0 N–H and O–H groups in total. The van der Waals surface area contributed by atoms with E-state index < -0.39 is 12.1 Å². The molecule has 0 saturated carbocycles. The Balaban J connectivity index is 2.81. The summed E-state index contributed by atoms with van der Waals surface area (Å²) < 4.78 is 9.66. The summed E-state index contributed by atoms with van der Waals surface area (Å²) in [7, 11) is 1.27. The van der Waals surface area contributed by atoms with Gasteiger partial charge in [-0.3, -0.25) is 0 Å². The van der Waals surface area contributed by atoms with Crippen LogP contribution in [0.5, 0.6) is 5.88 Å². The normalized spacial score (nSPS) is 11.3. The van der Waals surface area contributed by atoms with Crippen LogP contribution in [0.3, 0.4) is 0 Å². The van der Waals surface area contributed by atoms with Gasteiger partial charge in [-0.2, -0.15) is 5.26 Å². The first kappa shape index (κ1) is 11.0. The number of rotatable bonds is 3. The molecule has 0 spiro atoms. The van der Waals surface area contributed by atoms with Gasteiger partial charge in [-0.05, 0) is 19.1 Å². The van der Waals surface area contributed by atoms with Crippen LogP contribution in [0.1, 0.15) is 12.5 Å². The summed E-state index contributed by atoms with van der Waals surface area (Å²) in [5, 5.41) is 8.74. The van der Waals surface area contributed by atoms with Crippen molar-refractivity contribution in [1.82, 2.24) is 4.98 Å². The van der Waals surface area contributed by atoms with E-state index in [1.807, 2.05) is 6.07 Å². The lowest BCUT2D eigenvalue weighted by Crippen LogP contribution is -2.25. The van der Waals surface area contributed by atoms with Crippen molar-refractivity contribution >= 4 is 5.97 Å². The molecule has 78 valence electrons. The largest absolute Gasteiger partial charge is 0.466 e. The van der Waals surface area contributed by atoms with Gasteiger partial charge in [0.2, 0.25) is 5.88 Å². The number of methoxy groups -OCH3 is 1. The molecule has 1 aromatic heterocycles. The number of esters is 1. The van der Waals surface area contributed by atoms with Crippen molar-refractivity contribution in [2.24, 2.45) is 0 Å². The highest BCUT2D eigenvalue weighted by Gasteiger charge is 2.17. The zero-order chi connectivity index (χ0) is 11.3.